The minimum absolute atomic E-state index is 0.363. The molecule has 0 aliphatic carbocycles. The zero-order valence-corrected chi connectivity index (χ0v) is 7.32. The van der Waals surface area contributed by atoms with E-state index < -0.39 is 5.97 Å². The Morgan fingerprint density at radius 2 is 2.31 bits per heavy atom. The maximum Gasteiger partial charge on any atom is 0.335 e. The minimum atomic E-state index is -0.864. The highest BCUT2D eigenvalue weighted by Crippen LogP contribution is 2.23. The van der Waals surface area contributed by atoms with Gasteiger partial charge in [-0.2, -0.15) is 0 Å². The Labute approximate surface area is 75.9 Å². The Kier molecular flexibility index (Phi) is 1.65. The molecule has 0 radical (unpaired) electrons. The number of rotatable bonds is 1. The molecular formula is C10H10NO2+. The minimum Gasteiger partial charge on any atom is -0.478 e. The molecule has 0 spiro atoms. The SMILES string of the molecule is C[N+]1=CCc2cc(C(=O)O)ccc21. The maximum atomic E-state index is 10.7. The van der Waals surface area contributed by atoms with Gasteiger partial charge in [0.15, 0.2) is 0 Å². The average molecular weight is 176 g/mol. The lowest BCUT2D eigenvalue weighted by atomic mass is 10.1. The second kappa shape index (κ2) is 2.69. The number of carboxylic acid groups (broad SMARTS) is 1. The summed E-state index contributed by atoms with van der Waals surface area (Å²) in [7, 11) is 1.96. The lowest BCUT2D eigenvalue weighted by Gasteiger charge is -1.97. The number of nitrogens with zero attached hydrogens (tertiary/aromatic N) is 1. The van der Waals surface area contributed by atoms with Gasteiger partial charge in [0.05, 0.1) is 12.0 Å². The van der Waals surface area contributed by atoms with E-state index in [4.69, 9.17) is 5.11 Å². The van der Waals surface area contributed by atoms with E-state index >= 15 is 0 Å². The smallest absolute Gasteiger partial charge is 0.335 e. The summed E-state index contributed by atoms with van der Waals surface area (Å²) in [6.45, 7) is 0. The summed E-state index contributed by atoms with van der Waals surface area (Å²) >= 11 is 0. The molecule has 1 N–H and O–H groups in total. The zero-order chi connectivity index (χ0) is 9.42. The summed E-state index contributed by atoms with van der Waals surface area (Å²) in [4.78, 5) is 10.7. The van der Waals surface area contributed by atoms with Crippen molar-refractivity contribution in [1.29, 1.82) is 0 Å². The van der Waals surface area contributed by atoms with Crippen molar-refractivity contribution in [2.24, 2.45) is 0 Å². The lowest BCUT2D eigenvalue weighted by Crippen LogP contribution is -1.97. The van der Waals surface area contributed by atoms with E-state index in [9.17, 15) is 4.79 Å². The fourth-order valence-corrected chi connectivity index (χ4v) is 1.56. The first-order valence-electron chi connectivity index (χ1n) is 4.11. The average Bonchev–Trinajstić information content (AvgIpc) is 2.47. The third-order valence-corrected chi connectivity index (χ3v) is 2.29. The fourth-order valence-electron chi connectivity index (χ4n) is 1.56. The molecule has 1 aliphatic rings. The van der Waals surface area contributed by atoms with Gasteiger partial charge in [0, 0.05) is 11.6 Å². The van der Waals surface area contributed by atoms with Crippen LogP contribution in [-0.4, -0.2) is 28.9 Å². The van der Waals surface area contributed by atoms with Crippen LogP contribution in [0, 0.1) is 0 Å². The number of carbonyl (C=O) groups is 1. The quantitative estimate of drug-likeness (QED) is 0.655. The van der Waals surface area contributed by atoms with Crippen LogP contribution in [0.5, 0.6) is 0 Å². The van der Waals surface area contributed by atoms with Crippen LogP contribution >= 0.6 is 0 Å². The van der Waals surface area contributed by atoms with E-state index in [-0.39, 0.29) is 0 Å². The topological polar surface area (TPSA) is 40.3 Å². The van der Waals surface area contributed by atoms with Crippen molar-refractivity contribution in [3.63, 3.8) is 0 Å². The van der Waals surface area contributed by atoms with E-state index in [0.717, 1.165) is 17.7 Å². The van der Waals surface area contributed by atoms with Crippen molar-refractivity contribution >= 4 is 17.9 Å². The molecule has 0 bridgehead atoms. The molecular weight excluding hydrogens is 166 g/mol. The number of benzene rings is 1. The van der Waals surface area contributed by atoms with Gasteiger partial charge >= 0.3 is 5.97 Å². The third kappa shape index (κ3) is 1.22. The summed E-state index contributed by atoms with van der Waals surface area (Å²) in [5.74, 6) is -0.864. The molecule has 1 aromatic carbocycles. The summed E-state index contributed by atoms with van der Waals surface area (Å²) < 4.78 is 2.01. The molecule has 1 aromatic rings. The van der Waals surface area contributed by atoms with Gasteiger partial charge in [-0.1, -0.05) is 0 Å². The fraction of sp³-hybridized carbons (Fsp3) is 0.200. The van der Waals surface area contributed by atoms with E-state index in [1.54, 1.807) is 12.1 Å². The monoisotopic (exact) mass is 176 g/mol. The summed E-state index contributed by atoms with van der Waals surface area (Å²) in [6, 6.07) is 5.22. The van der Waals surface area contributed by atoms with Crippen molar-refractivity contribution in [1.82, 2.24) is 0 Å². The van der Waals surface area contributed by atoms with Crippen LogP contribution in [-0.2, 0) is 6.42 Å². The van der Waals surface area contributed by atoms with Crippen molar-refractivity contribution in [3.05, 3.63) is 29.3 Å². The van der Waals surface area contributed by atoms with Crippen LogP contribution in [0.4, 0.5) is 5.69 Å². The molecule has 66 valence electrons. The highest BCUT2D eigenvalue weighted by atomic mass is 16.4. The standard InChI is InChI=1S/C10H9NO2/c1-11-5-4-7-6-8(10(12)13)2-3-9(7)11/h2-3,5-6H,4H2,1H3/p+1. The number of fused-ring (bicyclic) bond motifs is 1. The second-order valence-electron chi connectivity index (χ2n) is 3.15. The molecule has 0 fully saturated rings. The molecule has 0 amide bonds. The predicted molar refractivity (Wildman–Crippen MR) is 49.0 cm³/mol. The first kappa shape index (κ1) is 7.98. The van der Waals surface area contributed by atoms with Gasteiger partial charge in [-0.05, 0) is 12.1 Å². The van der Waals surface area contributed by atoms with Gasteiger partial charge in [0.1, 0.15) is 13.3 Å². The summed E-state index contributed by atoms with van der Waals surface area (Å²) in [5.41, 5.74) is 2.55. The molecule has 13 heavy (non-hydrogen) atoms. The number of carboxylic acids is 1. The zero-order valence-electron chi connectivity index (χ0n) is 7.32. The van der Waals surface area contributed by atoms with E-state index in [1.165, 1.54) is 0 Å². The molecule has 0 saturated heterocycles. The van der Waals surface area contributed by atoms with Gasteiger partial charge < -0.3 is 5.11 Å². The lowest BCUT2D eigenvalue weighted by molar-refractivity contribution is -0.396. The van der Waals surface area contributed by atoms with Gasteiger partial charge in [-0.15, -0.1) is 0 Å². The molecule has 1 aliphatic heterocycles. The molecule has 0 unspecified atom stereocenters. The predicted octanol–water partition coefficient (Wildman–Crippen LogP) is 1.29. The maximum absolute atomic E-state index is 10.7. The van der Waals surface area contributed by atoms with Gasteiger partial charge in [0.25, 0.3) is 0 Å². The molecule has 0 aromatic heterocycles. The summed E-state index contributed by atoms with van der Waals surface area (Å²) in [6.07, 6.45) is 2.86. The normalized spacial score (nSPS) is 13.8. The molecule has 3 nitrogen and oxygen atoms in total. The third-order valence-electron chi connectivity index (χ3n) is 2.29. The van der Waals surface area contributed by atoms with Gasteiger partial charge in [-0.3, -0.25) is 0 Å². The highest BCUT2D eigenvalue weighted by molar-refractivity contribution is 5.88. The van der Waals surface area contributed by atoms with Gasteiger partial charge in [-0.25, -0.2) is 9.37 Å². The molecule has 1 heterocycles. The van der Waals surface area contributed by atoms with Crippen molar-refractivity contribution in [3.8, 4) is 0 Å². The van der Waals surface area contributed by atoms with Crippen LogP contribution in [0.3, 0.4) is 0 Å². The first-order valence-corrected chi connectivity index (χ1v) is 4.11. The van der Waals surface area contributed by atoms with Crippen molar-refractivity contribution in [2.45, 2.75) is 6.42 Å². The van der Waals surface area contributed by atoms with Crippen LogP contribution in [0.1, 0.15) is 15.9 Å². The van der Waals surface area contributed by atoms with E-state index in [1.807, 2.05) is 23.9 Å². The number of hydrogen-bond donors (Lipinski definition) is 1. The van der Waals surface area contributed by atoms with Crippen LogP contribution in [0.15, 0.2) is 18.2 Å². The van der Waals surface area contributed by atoms with Crippen molar-refractivity contribution < 1.29 is 14.5 Å². The Morgan fingerprint density at radius 3 is 3.00 bits per heavy atom. The molecule has 0 atom stereocenters. The first-order chi connectivity index (χ1) is 6.18. The largest absolute Gasteiger partial charge is 0.478 e. The van der Waals surface area contributed by atoms with Crippen LogP contribution in [0.2, 0.25) is 0 Å². The van der Waals surface area contributed by atoms with Crippen LogP contribution in [0.25, 0.3) is 0 Å². The van der Waals surface area contributed by atoms with E-state index in [2.05, 4.69) is 0 Å². The summed E-state index contributed by atoms with van der Waals surface area (Å²) in [5, 5.41) is 8.76. The molecule has 3 heteroatoms. The molecule has 0 saturated carbocycles. The Balaban J connectivity index is 2.49. The van der Waals surface area contributed by atoms with Crippen molar-refractivity contribution in [2.75, 3.05) is 7.05 Å². The second-order valence-corrected chi connectivity index (χ2v) is 3.15. The molecule has 2 rings (SSSR count). The van der Waals surface area contributed by atoms with E-state index in [0.29, 0.717) is 5.56 Å². The van der Waals surface area contributed by atoms with Gasteiger partial charge in [0.2, 0.25) is 5.69 Å². The Hall–Kier alpha value is -1.64. The number of hydrogen-bond acceptors (Lipinski definition) is 1. The Bertz CT molecular complexity index is 407. The number of aromatic carboxylic acids is 1. The van der Waals surface area contributed by atoms with Crippen LogP contribution < -0.4 is 0 Å². The highest BCUT2D eigenvalue weighted by Gasteiger charge is 2.19. The Morgan fingerprint density at radius 1 is 1.54 bits per heavy atom.